The van der Waals surface area contributed by atoms with Crippen molar-refractivity contribution in [1.82, 2.24) is 0 Å². The highest BCUT2D eigenvalue weighted by molar-refractivity contribution is 6.13. The molecule has 0 atom stereocenters. The normalized spacial score (nSPS) is 12.1. The highest BCUT2D eigenvalue weighted by Gasteiger charge is 2.16. The van der Waals surface area contributed by atoms with Gasteiger partial charge in [-0.3, -0.25) is 0 Å². The van der Waals surface area contributed by atoms with Gasteiger partial charge in [-0.2, -0.15) is 0 Å². The van der Waals surface area contributed by atoms with Crippen LogP contribution in [0.4, 0.5) is 0 Å². The minimum Gasteiger partial charge on any atom is -0.456 e. The fourth-order valence-corrected chi connectivity index (χ4v) is 6.46. The van der Waals surface area contributed by atoms with Gasteiger partial charge in [-0.1, -0.05) is 146 Å². The maximum absolute atomic E-state index is 6.58. The van der Waals surface area contributed by atoms with E-state index >= 15 is 0 Å². The minimum atomic E-state index is 0.472. The van der Waals surface area contributed by atoms with E-state index in [2.05, 4.69) is 146 Å². The summed E-state index contributed by atoms with van der Waals surface area (Å²) in [6.45, 7) is 0. The summed E-state index contributed by atoms with van der Waals surface area (Å²) in [4.78, 5) is 4.95. The van der Waals surface area contributed by atoms with E-state index in [0.29, 0.717) is 5.84 Å². The number of rotatable bonds is 8. The Kier molecular flexibility index (Phi) is 8.15. The van der Waals surface area contributed by atoms with E-state index in [1.165, 1.54) is 27.8 Å². The second kappa shape index (κ2) is 13.3. The van der Waals surface area contributed by atoms with Gasteiger partial charge < -0.3 is 10.2 Å². The Morgan fingerprint density at radius 3 is 1.76 bits per heavy atom. The largest absolute Gasteiger partial charge is 0.456 e. The molecular weight excluding hydrogens is 597 g/mol. The minimum absolute atomic E-state index is 0.472. The number of allylic oxidation sites excluding steroid dienone is 1. The second-order valence-electron chi connectivity index (χ2n) is 12.2. The maximum Gasteiger partial charge on any atom is 0.136 e. The van der Waals surface area contributed by atoms with Crippen LogP contribution in [-0.4, -0.2) is 5.84 Å². The van der Waals surface area contributed by atoms with Gasteiger partial charge in [-0.25, -0.2) is 4.99 Å². The molecule has 0 amide bonds. The van der Waals surface area contributed by atoms with E-state index < -0.39 is 0 Å². The molecule has 0 aliphatic heterocycles. The molecule has 0 radical (unpaired) electrons. The molecule has 3 heteroatoms. The molecule has 49 heavy (non-hydrogen) atoms. The molecule has 0 saturated heterocycles. The van der Waals surface area contributed by atoms with Crippen LogP contribution in [0.25, 0.3) is 61.0 Å². The third-order valence-electron chi connectivity index (χ3n) is 8.94. The first-order valence-corrected chi connectivity index (χ1v) is 16.6. The number of nitrogens with two attached hydrogens (primary N) is 1. The van der Waals surface area contributed by atoms with E-state index in [1.54, 1.807) is 0 Å². The third-order valence-corrected chi connectivity index (χ3v) is 8.94. The second-order valence-corrected chi connectivity index (χ2v) is 12.2. The summed E-state index contributed by atoms with van der Waals surface area (Å²) in [6, 6.07) is 61.0. The van der Waals surface area contributed by atoms with Gasteiger partial charge in [-0.15, -0.1) is 0 Å². The monoisotopic (exact) mass is 630 g/mol. The van der Waals surface area contributed by atoms with Gasteiger partial charge in [0.15, 0.2) is 0 Å². The van der Waals surface area contributed by atoms with Crippen molar-refractivity contribution in [2.75, 3.05) is 0 Å². The summed E-state index contributed by atoms with van der Waals surface area (Å²) in [6.07, 6.45) is 2.87. The van der Waals surface area contributed by atoms with Crippen LogP contribution < -0.4 is 5.73 Å². The van der Waals surface area contributed by atoms with Crippen molar-refractivity contribution >= 4 is 33.5 Å². The molecule has 8 aromatic rings. The zero-order valence-corrected chi connectivity index (χ0v) is 27.0. The fourth-order valence-electron chi connectivity index (χ4n) is 6.46. The molecular formula is C46H34N2O. The molecule has 3 nitrogen and oxygen atoms in total. The molecule has 1 aromatic heterocycles. The predicted molar refractivity (Wildman–Crippen MR) is 205 cm³/mol. The van der Waals surface area contributed by atoms with E-state index in [1.807, 2.05) is 36.4 Å². The lowest BCUT2D eigenvalue weighted by atomic mass is 9.91. The van der Waals surface area contributed by atoms with Crippen molar-refractivity contribution < 1.29 is 4.42 Å². The molecule has 2 N–H and O–H groups in total. The zero-order valence-electron chi connectivity index (χ0n) is 27.0. The summed E-state index contributed by atoms with van der Waals surface area (Å²) in [5, 5.41) is 2.15. The predicted octanol–water partition coefficient (Wildman–Crippen LogP) is 11.6. The van der Waals surface area contributed by atoms with E-state index in [-0.39, 0.29) is 0 Å². The Bertz CT molecular complexity index is 2390. The first kappa shape index (κ1) is 29.9. The van der Waals surface area contributed by atoms with Crippen LogP contribution in [0.15, 0.2) is 191 Å². The van der Waals surface area contributed by atoms with Crippen LogP contribution in [0.2, 0.25) is 0 Å². The van der Waals surface area contributed by atoms with Crippen molar-refractivity contribution in [3.05, 3.63) is 199 Å². The first-order chi connectivity index (χ1) is 24.2. The van der Waals surface area contributed by atoms with Crippen LogP contribution in [-0.2, 0) is 6.42 Å². The summed E-state index contributed by atoms with van der Waals surface area (Å²) in [7, 11) is 0. The molecule has 0 fully saturated rings. The summed E-state index contributed by atoms with van der Waals surface area (Å²) in [5.41, 5.74) is 19.0. The molecule has 1 heterocycles. The first-order valence-electron chi connectivity index (χ1n) is 16.6. The molecule has 7 aromatic carbocycles. The SMILES string of the molecule is NC(=N/C(=C\Cc1ccccc1)c1ccc2c(c1)oc1cccc(-c3cc(-c4ccccc4)cc(-c4ccccc4)c3)c12)c1ccccc1. The van der Waals surface area contributed by atoms with Crippen LogP contribution in [0.5, 0.6) is 0 Å². The molecule has 234 valence electrons. The average molecular weight is 631 g/mol. The van der Waals surface area contributed by atoms with Crippen LogP contribution in [0.3, 0.4) is 0 Å². The van der Waals surface area contributed by atoms with Gasteiger partial charge in [0.05, 0.1) is 5.70 Å². The third kappa shape index (κ3) is 6.30. The van der Waals surface area contributed by atoms with E-state index in [4.69, 9.17) is 15.1 Å². The summed E-state index contributed by atoms with van der Waals surface area (Å²) >= 11 is 0. The standard InChI is InChI=1S/C46H34N2O/c47-46(35-20-11-4-12-21-35)48-42(27-24-32-14-5-1-6-15-32)36-25-26-41-44(31-36)49-43-23-13-22-40(45(41)43)39-29-37(33-16-7-2-8-17-33)28-38(30-39)34-18-9-3-10-19-34/h1-23,25-31H,24H2,(H2,47,48)/b42-27-. The Morgan fingerprint density at radius 1 is 0.510 bits per heavy atom. The molecule has 8 rings (SSSR count). The van der Waals surface area contributed by atoms with E-state index in [0.717, 1.165) is 56.3 Å². The van der Waals surface area contributed by atoms with Gasteiger partial charge in [0.1, 0.15) is 17.0 Å². The lowest BCUT2D eigenvalue weighted by Crippen LogP contribution is -2.13. The van der Waals surface area contributed by atoms with Crippen molar-refractivity contribution in [2.45, 2.75) is 6.42 Å². The lowest BCUT2D eigenvalue weighted by Gasteiger charge is -2.12. The van der Waals surface area contributed by atoms with Gasteiger partial charge in [0.25, 0.3) is 0 Å². The summed E-state index contributed by atoms with van der Waals surface area (Å²) < 4.78 is 6.58. The Labute approximate surface area is 286 Å². The van der Waals surface area contributed by atoms with E-state index in [9.17, 15) is 0 Å². The Morgan fingerprint density at radius 2 is 1.10 bits per heavy atom. The molecule has 0 unspecified atom stereocenters. The highest BCUT2D eigenvalue weighted by Crippen LogP contribution is 2.40. The van der Waals surface area contributed by atoms with Gasteiger partial charge >= 0.3 is 0 Å². The Balaban J connectivity index is 1.26. The number of amidine groups is 1. The van der Waals surface area contributed by atoms with Crippen LogP contribution in [0, 0.1) is 0 Å². The number of nitrogens with zero attached hydrogens (tertiary/aromatic N) is 1. The number of hydrogen-bond donors (Lipinski definition) is 1. The molecule has 0 bridgehead atoms. The number of aliphatic imine (C=N–C) groups is 1. The van der Waals surface area contributed by atoms with Gasteiger partial charge in [0, 0.05) is 21.9 Å². The van der Waals surface area contributed by atoms with Crippen molar-refractivity contribution in [3.63, 3.8) is 0 Å². The number of fused-ring (bicyclic) bond motifs is 3. The summed E-state index contributed by atoms with van der Waals surface area (Å²) in [5.74, 6) is 0.472. The van der Waals surface area contributed by atoms with Crippen molar-refractivity contribution in [3.8, 4) is 33.4 Å². The molecule has 0 aliphatic carbocycles. The number of benzene rings is 7. The quantitative estimate of drug-likeness (QED) is 0.134. The van der Waals surface area contributed by atoms with Crippen LogP contribution in [0.1, 0.15) is 16.7 Å². The maximum atomic E-state index is 6.58. The average Bonchev–Trinajstić information content (AvgIpc) is 3.56. The number of hydrogen-bond acceptors (Lipinski definition) is 2. The topological polar surface area (TPSA) is 51.5 Å². The Hall–Kier alpha value is -6.45. The van der Waals surface area contributed by atoms with Crippen LogP contribution >= 0.6 is 0 Å². The van der Waals surface area contributed by atoms with Gasteiger partial charge in [-0.05, 0) is 81.8 Å². The van der Waals surface area contributed by atoms with Crippen molar-refractivity contribution in [1.29, 1.82) is 0 Å². The zero-order chi connectivity index (χ0) is 33.0. The molecule has 0 aliphatic rings. The smallest absolute Gasteiger partial charge is 0.136 e. The lowest BCUT2D eigenvalue weighted by molar-refractivity contribution is 0.669. The van der Waals surface area contributed by atoms with Gasteiger partial charge in [0.2, 0.25) is 0 Å². The highest BCUT2D eigenvalue weighted by atomic mass is 16.3. The molecule has 0 spiro atoms. The van der Waals surface area contributed by atoms with Crippen molar-refractivity contribution in [2.24, 2.45) is 10.7 Å². The fraction of sp³-hybridized carbons (Fsp3) is 0.0217. The molecule has 0 saturated carbocycles. The number of furan rings is 1.